The summed E-state index contributed by atoms with van der Waals surface area (Å²) < 4.78 is 5.79. The fourth-order valence-corrected chi connectivity index (χ4v) is 3.55. The highest BCUT2D eigenvalue weighted by Crippen LogP contribution is 2.19. The van der Waals surface area contributed by atoms with Gasteiger partial charge < -0.3 is 14.7 Å². The Balaban J connectivity index is 1.47. The van der Waals surface area contributed by atoms with E-state index in [1.54, 1.807) is 0 Å². The lowest BCUT2D eigenvalue weighted by Gasteiger charge is -2.36. The molecule has 158 valence electrons. The Morgan fingerprint density at radius 3 is 2.55 bits per heavy atom. The van der Waals surface area contributed by atoms with Gasteiger partial charge in [-0.05, 0) is 31.0 Å². The number of rotatable bonds is 8. The van der Waals surface area contributed by atoms with Crippen LogP contribution in [0.25, 0.3) is 0 Å². The predicted molar refractivity (Wildman–Crippen MR) is 117 cm³/mol. The maximum absolute atomic E-state index is 10.4. The molecule has 29 heavy (non-hydrogen) atoms. The minimum absolute atomic E-state index is 0.316. The summed E-state index contributed by atoms with van der Waals surface area (Å²) in [5, 5.41) is 10.4. The molecule has 3 rings (SSSR count). The van der Waals surface area contributed by atoms with Crippen molar-refractivity contribution in [1.82, 2.24) is 14.9 Å². The molecule has 6 nitrogen and oxygen atoms in total. The van der Waals surface area contributed by atoms with Gasteiger partial charge in [0, 0.05) is 50.4 Å². The molecule has 1 fully saturated rings. The maximum Gasteiger partial charge on any atom is 0.133 e. The Morgan fingerprint density at radius 1 is 1.10 bits per heavy atom. The Hall–Kier alpha value is -2.18. The van der Waals surface area contributed by atoms with E-state index in [9.17, 15) is 5.11 Å². The Bertz CT molecular complexity index is 788. The van der Waals surface area contributed by atoms with Gasteiger partial charge in [0.25, 0.3) is 0 Å². The third kappa shape index (κ3) is 6.15. The summed E-state index contributed by atoms with van der Waals surface area (Å²) in [4.78, 5) is 13.9. The molecule has 1 saturated heterocycles. The SMILES string of the molecule is CCc1cccc(OCC(O)CN2CCN(c3cc(C)nc(C(C)C)n3)CC2)c1. The first-order valence-electron chi connectivity index (χ1n) is 10.7. The normalized spacial score (nSPS) is 16.3. The first-order valence-corrected chi connectivity index (χ1v) is 10.7. The first-order chi connectivity index (χ1) is 13.9. The van der Waals surface area contributed by atoms with Crippen LogP contribution in [-0.4, -0.2) is 65.4 Å². The third-order valence-corrected chi connectivity index (χ3v) is 5.29. The van der Waals surface area contributed by atoms with E-state index in [-0.39, 0.29) is 0 Å². The van der Waals surface area contributed by atoms with Crippen molar-refractivity contribution >= 4 is 5.82 Å². The lowest BCUT2D eigenvalue weighted by molar-refractivity contribution is 0.0662. The maximum atomic E-state index is 10.4. The van der Waals surface area contributed by atoms with Crippen molar-refractivity contribution in [2.45, 2.75) is 46.1 Å². The molecule has 0 aliphatic carbocycles. The predicted octanol–water partition coefficient (Wildman–Crippen LogP) is 3.03. The fourth-order valence-electron chi connectivity index (χ4n) is 3.55. The number of ether oxygens (including phenoxy) is 1. The Kier molecular flexibility index (Phi) is 7.45. The van der Waals surface area contributed by atoms with Crippen molar-refractivity contribution in [3.8, 4) is 5.75 Å². The highest BCUT2D eigenvalue weighted by Gasteiger charge is 2.21. The van der Waals surface area contributed by atoms with Gasteiger partial charge in [-0.25, -0.2) is 9.97 Å². The number of aromatic nitrogens is 2. The van der Waals surface area contributed by atoms with Crippen molar-refractivity contribution in [1.29, 1.82) is 0 Å². The van der Waals surface area contributed by atoms with Crippen molar-refractivity contribution < 1.29 is 9.84 Å². The number of hydrogen-bond acceptors (Lipinski definition) is 6. The lowest BCUT2D eigenvalue weighted by Crippen LogP contribution is -2.49. The molecule has 2 heterocycles. The Morgan fingerprint density at radius 2 is 1.86 bits per heavy atom. The van der Waals surface area contributed by atoms with E-state index in [0.717, 1.165) is 55.7 Å². The van der Waals surface area contributed by atoms with Gasteiger partial charge in [0.15, 0.2) is 0 Å². The van der Waals surface area contributed by atoms with Crippen LogP contribution in [0.3, 0.4) is 0 Å². The minimum atomic E-state index is -0.499. The van der Waals surface area contributed by atoms with Crippen molar-refractivity contribution in [2.24, 2.45) is 0 Å². The number of anilines is 1. The van der Waals surface area contributed by atoms with Crippen LogP contribution in [-0.2, 0) is 6.42 Å². The van der Waals surface area contributed by atoms with E-state index in [0.29, 0.717) is 19.1 Å². The topological polar surface area (TPSA) is 61.7 Å². The third-order valence-electron chi connectivity index (χ3n) is 5.29. The Labute approximate surface area is 174 Å². The zero-order valence-corrected chi connectivity index (χ0v) is 18.1. The van der Waals surface area contributed by atoms with Crippen LogP contribution < -0.4 is 9.64 Å². The van der Waals surface area contributed by atoms with E-state index in [4.69, 9.17) is 9.72 Å². The standard InChI is InChI=1S/C23H34N4O2/c1-5-19-7-6-8-21(14-19)29-16-20(28)15-26-9-11-27(12-10-26)22-13-18(4)24-23(25-22)17(2)3/h6-8,13-14,17,20,28H,5,9-12,15-16H2,1-4H3. The second kappa shape index (κ2) is 10.0. The average Bonchev–Trinajstić information content (AvgIpc) is 2.72. The molecular formula is C23H34N4O2. The summed E-state index contributed by atoms with van der Waals surface area (Å²) in [6, 6.07) is 10.1. The number of aliphatic hydroxyl groups is 1. The number of benzene rings is 1. The number of hydrogen-bond donors (Lipinski definition) is 1. The zero-order chi connectivity index (χ0) is 20.8. The summed E-state index contributed by atoms with van der Waals surface area (Å²) in [5.41, 5.74) is 2.26. The number of β-amino-alcohol motifs (C(OH)–C–C–N with tert-alkyl or cyclic N) is 1. The minimum Gasteiger partial charge on any atom is -0.491 e. The van der Waals surface area contributed by atoms with Crippen LogP contribution in [0.5, 0.6) is 5.75 Å². The number of piperazine rings is 1. The van der Waals surface area contributed by atoms with Gasteiger partial charge in [-0.2, -0.15) is 0 Å². The van der Waals surface area contributed by atoms with E-state index in [1.807, 2.05) is 25.1 Å². The number of nitrogens with zero attached hydrogens (tertiary/aromatic N) is 4. The summed E-state index contributed by atoms with van der Waals surface area (Å²) >= 11 is 0. The van der Waals surface area contributed by atoms with Crippen LogP contribution in [0.15, 0.2) is 30.3 Å². The lowest BCUT2D eigenvalue weighted by atomic mass is 10.2. The molecule has 0 radical (unpaired) electrons. The van der Waals surface area contributed by atoms with Crippen LogP contribution >= 0.6 is 0 Å². The van der Waals surface area contributed by atoms with Crippen molar-refractivity contribution in [2.75, 3.05) is 44.2 Å². The van der Waals surface area contributed by atoms with Crippen molar-refractivity contribution in [3.05, 3.63) is 47.4 Å². The average molecular weight is 399 g/mol. The molecule has 0 amide bonds. The summed E-state index contributed by atoms with van der Waals surface area (Å²) in [6.45, 7) is 13.0. The number of aryl methyl sites for hydroxylation is 2. The van der Waals surface area contributed by atoms with Gasteiger partial charge in [0.1, 0.15) is 30.1 Å². The molecule has 1 aromatic heterocycles. The molecule has 1 atom stereocenters. The second-order valence-electron chi connectivity index (χ2n) is 8.13. The second-order valence-corrected chi connectivity index (χ2v) is 8.13. The van der Waals surface area contributed by atoms with Gasteiger partial charge in [-0.15, -0.1) is 0 Å². The van der Waals surface area contributed by atoms with E-state index in [2.05, 4.69) is 47.7 Å². The summed E-state index contributed by atoms with van der Waals surface area (Å²) in [5.74, 6) is 3.07. The largest absolute Gasteiger partial charge is 0.491 e. The molecule has 0 bridgehead atoms. The van der Waals surface area contributed by atoms with Crippen LogP contribution in [0.1, 0.15) is 43.8 Å². The highest BCUT2D eigenvalue weighted by molar-refractivity contribution is 5.40. The molecule has 6 heteroatoms. The fraction of sp³-hybridized carbons (Fsp3) is 0.565. The number of aliphatic hydroxyl groups excluding tert-OH is 1. The summed E-state index contributed by atoms with van der Waals surface area (Å²) in [6.07, 6.45) is 0.481. The summed E-state index contributed by atoms with van der Waals surface area (Å²) in [7, 11) is 0. The van der Waals surface area contributed by atoms with E-state index >= 15 is 0 Å². The molecule has 1 unspecified atom stereocenters. The van der Waals surface area contributed by atoms with Gasteiger partial charge in [-0.1, -0.05) is 32.9 Å². The van der Waals surface area contributed by atoms with E-state index in [1.165, 1.54) is 5.56 Å². The van der Waals surface area contributed by atoms with Crippen LogP contribution in [0.4, 0.5) is 5.82 Å². The van der Waals surface area contributed by atoms with E-state index < -0.39 is 6.10 Å². The quantitative estimate of drug-likeness (QED) is 0.738. The first kappa shape index (κ1) is 21.5. The van der Waals surface area contributed by atoms with Gasteiger partial charge in [-0.3, -0.25) is 4.90 Å². The molecule has 0 saturated carbocycles. The zero-order valence-electron chi connectivity index (χ0n) is 18.1. The van der Waals surface area contributed by atoms with Gasteiger partial charge in [0.2, 0.25) is 0 Å². The highest BCUT2D eigenvalue weighted by atomic mass is 16.5. The molecule has 1 aromatic carbocycles. The van der Waals surface area contributed by atoms with Gasteiger partial charge >= 0.3 is 0 Å². The van der Waals surface area contributed by atoms with Crippen LogP contribution in [0, 0.1) is 6.92 Å². The molecule has 0 spiro atoms. The van der Waals surface area contributed by atoms with Crippen molar-refractivity contribution in [3.63, 3.8) is 0 Å². The van der Waals surface area contributed by atoms with Crippen LogP contribution in [0.2, 0.25) is 0 Å². The molecule has 1 aliphatic rings. The van der Waals surface area contributed by atoms with Gasteiger partial charge in [0.05, 0.1) is 0 Å². The molecule has 1 N–H and O–H groups in total. The monoisotopic (exact) mass is 398 g/mol. The molecule has 2 aromatic rings. The smallest absolute Gasteiger partial charge is 0.133 e. The molecular weight excluding hydrogens is 364 g/mol. The molecule has 1 aliphatic heterocycles.